The molecule has 7 heteroatoms. The third-order valence-corrected chi connectivity index (χ3v) is 4.66. The molecule has 0 saturated carbocycles. The zero-order valence-corrected chi connectivity index (χ0v) is 16.5. The number of ether oxygens (including phenoxy) is 3. The van der Waals surface area contributed by atoms with Crippen molar-refractivity contribution in [3.8, 4) is 28.5 Å². The van der Waals surface area contributed by atoms with E-state index in [2.05, 4.69) is 46.7 Å². The fourth-order valence-corrected chi connectivity index (χ4v) is 3.19. The summed E-state index contributed by atoms with van der Waals surface area (Å²) in [6.07, 6.45) is 1.68. The number of nitrogens with zero attached hydrogens (tertiary/aromatic N) is 2. The first kappa shape index (κ1) is 18.7. The second-order valence-corrected chi connectivity index (χ2v) is 6.59. The number of nitrogens with one attached hydrogen (secondary N) is 1. The number of hydrogen-bond acceptors (Lipinski definition) is 7. The van der Waals surface area contributed by atoms with E-state index in [4.69, 9.17) is 14.2 Å². The van der Waals surface area contributed by atoms with Crippen molar-refractivity contribution in [3.05, 3.63) is 52.9 Å². The number of benzene rings is 2. The van der Waals surface area contributed by atoms with E-state index >= 15 is 0 Å². The molecular formula is C20H21N3O3S. The van der Waals surface area contributed by atoms with Crippen molar-refractivity contribution in [1.29, 1.82) is 0 Å². The average Bonchev–Trinajstić information content (AvgIpc) is 3.16. The molecule has 1 aromatic heterocycles. The lowest BCUT2D eigenvalue weighted by atomic mass is 10.1. The standard InChI is InChI=1S/C20H21N3O3S/c1-13-5-7-15(8-6-13)16-12-27-20(22-16)23-21-11-14-9-17(24-2)19(26-4)18(10-14)25-3/h5-12H,1-4H3,(H,22,23). The maximum atomic E-state index is 5.35. The Morgan fingerprint density at radius 3 is 2.26 bits per heavy atom. The molecule has 0 fully saturated rings. The van der Waals surface area contributed by atoms with Crippen LogP contribution in [0.5, 0.6) is 17.2 Å². The van der Waals surface area contributed by atoms with E-state index in [9.17, 15) is 0 Å². The Hall–Kier alpha value is -3.06. The van der Waals surface area contributed by atoms with Crippen LogP contribution in [0.4, 0.5) is 5.13 Å². The van der Waals surface area contributed by atoms with Gasteiger partial charge in [-0.15, -0.1) is 11.3 Å². The first-order chi connectivity index (χ1) is 13.1. The highest BCUT2D eigenvalue weighted by molar-refractivity contribution is 7.14. The topological polar surface area (TPSA) is 65.0 Å². The maximum Gasteiger partial charge on any atom is 0.203 e. The highest BCUT2D eigenvalue weighted by Gasteiger charge is 2.12. The summed E-state index contributed by atoms with van der Waals surface area (Å²) in [5, 5.41) is 6.98. The molecule has 0 amide bonds. The molecule has 2 aromatic carbocycles. The Kier molecular flexibility index (Phi) is 5.93. The smallest absolute Gasteiger partial charge is 0.203 e. The van der Waals surface area contributed by atoms with E-state index in [0.717, 1.165) is 16.8 Å². The zero-order valence-electron chi connectivity index (χ0n) is 15.6. The van der Waals surface area contributed by atoms with Gasteiger partial charge in [-0.2, -0.15) is 5.10 Å². The summed E-state index contributed by atoms with van der Waals surface area (Å²) in [5.41, 5.74) is 7.00. The van der Waals surface area contributed by atoms with Crippen LogP contribution in [0.25, 0.3) is 11.3 Å². The number of hydrazone groups is 1. The van der Waals surface area contributed by atoms with Gasteiger partial charge >= 0.3 is 0 Å². The van der Waals surface area contributed by atoms with Crippen LogP contribution in [-0.2, 0) is 0 Å². The van der Waals surface area contributed by atoms with E-state index in [0.29, 0.717) is 22.4 Å². The summed E-state index contributed by atoms with van der Waals surface area (Å²) in [5.74, 6) is 1.70. The van der Waals surface area contributed by atoms with Gasteiger partial charge in [-0.3, -0.25) is 5.43 Å². The molecule has 0 radical (unpaired) electrons. The quantitative estimate of drug-likeness (QED) is 0.477. The van der Waals surface area contributed by atoms with Crippen LogP contribution >= 0.6 is 11.3 Å². The first-order valence-corrected chi connectivity index (χ1v) is 9.14. The van der Waals surface area contributed by atoms with Gasteiger partial charge in [0.15, 0.2) is 11.5 Å². The van der Waals surface area contributed by atoms with Gasteiger partial charge in [0.1, 0.15) is 0 Å². The average molecular weight is 383 g/mol. The summed E-state index contributed by atoms with van der Waals surface area (Å²) in [4.78, 5) is 4.56. The molecule has 3 aromatic rings. The Labute approximate surface area is 162 Å². The van der Waals surface area contributed by atoms with Gasteiger partial charge in [0.05, 0.1) is 33.2 Å². The van der Waals surface area contributed by atoms with Crippen LogP contribution in [0.3, 0.4) is 0 Å². The predicted molar refractivity (Wildman–Crippen MR) is 110 cm³/mol. The molecule has 1 N–H and O–H groups in total. The third kappa shape index (κ3) is 4.38. The van der Waals surface area contributed by atoms with Crippen LogP contribution in [0.2, 0.25) is 0 Å². The number of methoxy groups -OCH3 is 3. The van der Waals surface area contributed by atoms with Gasteiger partial charge in [-0.05, 0) is 19.1 Å². The first-order valence-electron chi connectivity index (χ1n) is 8.26. The molecule has 27 heavy (non-hydrogen) atoms. The van der Waals surface area contributed by atoms with Crippen molar-refractivity contribution in [1.82, 2.24) is 4.98 Å². The number of aromatic nitrogens is 1. The van der Waals surface area contributed by atoms with Gasteiger partial charge in [0, 0.05) is 16.5 Å². The highest BCUT2D eigenvalue weighted by atomic mass is 32.1. The number of thiazole rings is 1. The van der Waals surface area contributed by atoms with E-state index in [1.807, 2.05) is 17.5 Å². The van der Waals surface area contributed by atoms with Gasteiger partial charge in [0.25, 0.3) is 0 Å². The predicted octanol–water partition coefficient (Wildman–Crippen LogP) is 4.59. The molecule has 0 aliphatic rings. The van der Waals surface area contributed by atoms with Gasteiger partial charge in [-0.25, -0.2) is 4.98 Å². The minimum atomic E-state index is 0.549. The number of aryl methyl sites for hydroxylation is 1. The molecule has 0 bridgehead atoms. The number of anilines is 1. The molecule has 3 rings (SSSR count). The molecule has 0 spiro atoms. The lowest BCUT2D eigenvalue weighted by molar-refractivity contribution is 0.324. The molecule has 0 atom stereocenters. The minimum absolute atomic E-state index is 0.549. The Balaban J connectivity index is 1.73. The Bertz CT molecular complexity index is 911. The molecule has 0 aliphatic carbocycles. The fraction of sp³-hybridized carbons (Fsp3) is 0.200. The monoisotopic (exact) mass is 383 g/mol. The van der Waals surface area contributed by atoms with Gasteiger partial charge in [0.2, 0.25) is 10.9 Å². The van der Waals surface area contributed by atoms with Gasteiger partial charge in [-0.1, -0.05) is 29.8 Å². The van der Waals surface area contributed by atoms with Crippen LogP contribution in [0, 0.1) is 6.92 Å². The third-order valence-electron chi connectivity index (χ3n) is 3.91. The van der Waals surface area contributed by atoms with E-state index in [1.165, 1.54) is 16.9 Å². The van der Waals surface area contributed by atoms with Crippen LogP contribution in [-0.4, -0.2) is 32.5 Å². The lowest BCUT2D eigenvalue weighted by Gasteiger charge is -2.12. The Morgan fingerprint density at radius 1 is 1.00 bits per heavy atom. The van der Waals surface area contributed by atoms with Gasteiger partial charge < -0.3 is 14.2 Å². The zero-order chi connectivity index (χ0) is 19.2. The Morgan fingerprint density at radius 2 is 1.67 bits per heavy atom. The highest BCUT2D eigenvalue weighted by Crippen LogP contribution is 2.37. The summed E-state index contributed by atoms with van der Waals surface area (Å²) in [7, 11) is 4.74. The van der Waals surface area contributed by atoms with Crippen molar-refractivity contribution in [2.45, 2.75) is 6.92 Å². The second kappa shape index (κ2) is 8.55. The van der Waals surface area contributed by atoms with Crippen molar-refractivity contribution in [3.63, 3.8) is 0 Å². The summed E-state index contributed by atoms with van der Waals surface area (Å²) < 4.78 is 16.0. The molecule has 0 aliphatic heterocycles. The normalized spacial score (nSPS) is 10.8. The van der Waals surface area contributed by atoms with Crippen molar-refractivity contribution >= 4 is 22.7 Å². The molecule has 0 saturated heterocycles. The van der Waals surface area contributed by atoms with Crippen molar-refractivity contribution < 1.29 is 14.2 Å². The molecule has 0 unspecified atom stereocenters. The number of hydrogen-bond donors (Lipinski definition) is 1. The van der Waals surface area contributed by atoms with Crippen LogP contribution < -0.4 is 19.6 Å². The lowest BCUT2D eigenvalue weighted by Crippen LogP contribution is -1.97. The maximum absolute atomic E-state index is 5.35. The number of rotatable bonds is 7. The second-order valence-electron chi connectivity index (χ2n) is 5.73. The van der Waals surface area contributed by atoms with E-state index in [1.54, 1.807) is 27.5 Å². The summed E-state index contributed by atoms with van der Waals surface area (Å²) in [6.45, 7) is 2.07. The van der Waals surface area contributed by atoms with E-state index in [-0.39, 0.29) is 0 Å². The van der Waals surface area contributed by atoms with E-state index < -0.39 is 0 Å². The minimum Gasteiger partial charge on any atom is -0.493 e. The molecule has 1 heterocycles. The molecular weight excluding hydrogens is 362 g/mol. The van der Waals surface area contributed by atoms with Crippen molar-refractivity contribution in [2.24, 2.45) is 5.10 Å². The summed E-state index contributed by atoms with van der Waals surface area (Å²) >= 11 is 1.50. The SMILES string of the molecule is COc1cc(C=NNc2nc(-c3ccc(C)cc3)cs2)cc(OC)c1OC. The summed E-state index contributed by atoms with van der Waals surface area (Å²) in [6, 6.07) is 11.9. The largest absolute Gasteiger partial charge is 0.493 e. The molecule has 6 nitrogen and oxygen atoms in total. The molecule has 140 valence electrons. The fourth-order valence-electron chi connectivity index (χ4n) is 2.52. The van der Waals surface area contributed by atoms with Crippen LogP contribution in [0.15, 0.2) is 46.9 Å². The van der Waals surface area contributed by atoms with Crippen LogP contribution in [0.1, 0.15) is 11.1 Å². The van der Waals surface area contributed by atoms with Crippen molar-refractivity contribution in [2.75, 3.05) is 26.8 Å².